The molecule has 0 aliphatic carbocycles. The highest BCUT2D eigenvalue weighted by Crippen LogP contribution is 2.21. The molecule has 9 nitrogen and oxygen atoms in total. The average Bonchev–Trinajstić information content (AvgIpc) is 2.89. The molecule has 0 saturated carbocycles. The van der Waals surface area contributed by atoms with E-state index in [4.69, 9.17) is 16.1 Å². The Kier molecular flexibility index (Phi) is 3.04. The number of nitrogens with two attached hydrogens (primary N) is 1. The first-order valence-electron chi connectivity index (χ1n) is 6.10. The van der Waals surface area contributed by atoms with Crippen LogP contribution in [0.1, 0.15) is 5.56 Å². The molecule has 108 valence electrons. The third-order valence-electron chi connectivity index (χ3n) is 2.85. The van der Waals surface area contributed by atoms with Gasteiger partial charge in [-0.3, -0.25) is 5.32 Å². The van der Waals surface area contributed by atoms with Gasteiger partial charge in [-0.15, -0.1) is 5.10 Å². The minimum Gasteiger partial charge on any atom is -0.465 e. The summed E-state index contributed by atoms with van der Waals surface area (Å²) in [7, 11) is 0. The Hall–Kier alpha value is -3.67. The maximum atomic E-state index is 10.6. The second kappa shape index (κ2) is 5.02. The summed E-state index contributed by atoms with van der Waals surface area (Å²) in [6.07, 6.45) is 0.284. The van der Waals surface area contributed by atoms with Gasteiger partial charge in [-0.05, 0) is 12.1 Å². The van der Waals surface area contributed by atoms with Crippen LogP contribution in [-0.4, -0.2) is 30.8 Å². The maximum Gasteiger partial charge on any atom is 0.411 e. The lowest BCUT2D eigenvalue weighted by Gasteiger charge is -2.03. The van der Waals surface area contributed by atoms with E-state index in [0.717, 1.165) is 0 Å². The molecule has 0 fully saturated rings. The molecule has 4 N–H and O–H groups in total. The summed E-state index contributed by atoms with van der Waals surface area (Å²) in [4.78, 5) is 18.8. The number of hydrogen-bond donors (Lipinski definition) is 3. The highest BCUT2D eigenvalue weighted by Gasteiger charge is 2.12. The molecule has 22 heavy (non-hydrogen) atoms. The van der Waals surface area contributed by atoms with E-state index in [1.807, 2.05) is 11.4 Å². The van der Waals surface area contributed by atoms with E-state index in [9.17, 15) is 4.79 Å². The maximum absolute atomic E-state index is 10.6. The molecule has 3 aromatic rings. The van der Waals surface area contributed by atoms with E-state index in [1.54, 1.807) is 30.5 Å². The van der Waals surface area contributed by atoms with Crippen LogP contribution >= 0.6 is 0 Å². The van der Waals surface area contributed by atoms with Gasteiger partial charge < -0.3 is 10.8 Å². The molecule has 1 aromatic carbocycles. The summed E-state index contributed by atoms with van der Waals surface area (Å²) >= 11 is 0. The Bertz CT molecular complexity index is 926. The Balaban J connectivity index is 2.11. The van der Waals surface area contributed by atoms with Gasteiger partial charge in [-0.25, -0.2) is 14.3 Å². The monoisotopic (exact) mass is 295 g/mol. The number of benzene rings is 1. The lowest BCUT2D eigenvalue weighted by Crippen LogP contribution is -2.08. The third-order valence-corrected chi connectivity index (χ3v) is 2.85. The number of anilines is 2. The second-order valence-corrected chi connectivity index (χ2v) is 4.34. The summed E-state index contributed by atoms with van der Waals surface area (Å²) in [5.74, 6) is 0.00900. The van der Waals surface area contributed by atoms with Crippen molar-refractivity contribution in [1.82, 2.24) is 19.6 Å². The molecule has 3 rings (SSSR count). The molecule has 2 aromatic heterocycles. The number of nitrogens with one attached hydrogen (secondary N) is 1. The van der Waals surface area contributed by atoms with Crippen LogP contribution in [0.15, 0.2) is 30.5 Å². The Morgan fingerprint density at radius 2 is 2.23 bits per heavy atom. The van der Waals surface area contributed by atoms with Crippen molar-refractivity contribution < 1.29 is 9.90 Å². The number of aromatic nitrogens is 4. The zero-order chi connectivity index (χ0) is 15.7. The minimum absolute atomic E-state index is 0.0936. The van der Waals surface area contributed by atoms with E-state index in [1.165, 1.54) is 4.52 Å². The van der Waals surface area contributed by atoms with Gasteiger partial charge in [0.05, 0.1) is 23.5 Å². The number of carbonyl (C=O) groups is 1. The first-order chi connectivity index (χ1) is 10.6. The first-order valence-corrected chi connectivity index (χ1v) is 6.10. The number of amides is 1. The highest BCUT2D eigenvalue weighted by atomic mass is 16.4. The smallest absolute Gasteiger partial charge is 0.411 e. The van der Waals surface area contributed by atoms with Crippen LogP contribution < -0.4 is 11.1 Å². The normalized spacial score (nSPS) is 10.3. The Morgan fingerprint density at radius 3 is 2.95 bits per heavy atom. The fourth-order valence-electron chi connectivity index (χ4n) is 1.95. The van der Waals surface area contributed by atoms with Crippen LogP contribution in [0.2, 0.25) is 0 Å². The largest absolute Gasteiger partial charge is 0.465 e. The van der Waals surface area contributed by atoms with Gasteiger partial charge in [0.2, 0.25) is 0 Å². The number of rotatable bonds is 2. The number of nitriles is 1. The molecule has 0 radical (unpaired) electrons. The van der Waals surface area contributed by atoms with Crippen molar-refractivity contribution >= 4 is 23.5 Å². The standard InChI is InChI=1S/C13H9N7O2/c14-5-7-2-1-3-8(4-7)9-6-20-11(10(15)16-9)17-12(19-20)18-13(21)22/h1-4,6H,(H2,15,16)(H,18,19)(H,21,22). The van der Waals surface area contributed by atoms with Crippen LogP contribution in [0, 0.1) is 11.3 Å². The van der Waals surface area contributed by atoms with E-state index >= 15 is 0 Å². The number of hydrogen-bond acceptors (Lipinski definition) is 6. The fourth-order valence-corrected chi connectivity index (χ4v) is 1.95. The summed E-state index contributed by atoms with van der Waals surface area (Å²) in [5, 5.41) is 23.6. The van der Waals surface area contributed by atoms with Gasteiger partial charge in [-0.1, -0.05) is 12.1 Å². The van der Waals surface area contributed by atoms with E-state index in [0.29, 0.717) is 16.8 Å². The molecule has 0 bridgehead atoms. The van der Waals surface area contributed by atoms with Gasteiger partial charge in [0.25, 0.3) is 5.95 Å². The third kappa shape index (κ3) is 2.36. The number of fused-ring (bicyclic) bond motifs is 1. The number of nitrogens with zero attached hydrogens (tertiary/aromatic N) is 5. The molecule has 0 aliphatic heterocycles. The average molecular weight is 295 g/mol. The summed E-state index contributed by atoms with van der Waals surface area (Å²) in [6, 6.07) is 8.90. The van der Waals surface area contributed by atoms with Crippen molar-refractivity contribution in [3.05, 3.63) is 36.0 Å². The predicted octanol–water partition coefficient (Wildman–Crippen LogP) is 1.34. The SMILES string of the molecule is N#Cc1cccc(-c2cn3nc(NC(=O)O)nc3c(N)n2)c1. The lowest BCUT2D eigenvalue weighted by atomic mass is 10.1. The van der Waals surface area contributed by atoms with Gasteiger partial charge in [0, 0.05) is 5.56 Å². The predicted molar refractivity (Wildman–Crippen MR) is 77.0 cm³/mol. The van der Waals surface area contributed by atoms with Crippen LogP contribution in [-0.2, 0) is 0 Å². The van der Waals surface area contributed by atoms with Crippen LogP contribution in [0.4, 0.5) is 16.6 Å². The molecule has 0 atom stereocenters. The van der Waals surface area contributed by atoms with Crippen molar-refractivity contribution in [2.45, 2.75) is 0 Å². The van der Waals surface area contributed by atoms with E-state index < -0.39 is 6.09 Å². The zero-order valence-electron chi connectivity index (χ0n) is 11.1. The molecule has 0 saturated heterocycles. The van der Waals surface area contributed by atoms with Crippen molar-refractivity contribution in [3.8, 4) is 17.3 Å². The van der Waals surface area contributed by atoms with E-state index in [-0.39, 0.29) is 17.4 Å². The molecular weight excluding hydrogens is 286 g/mol. The Morgan fingerprint density at radius 1 is 1.41 bits per heavy atom. The molecule has 0 aliphatic rings. The van der Waals surface area contributed by atoms with Crippen LogP contribution in [0.5, 0.6) is 0 Å². The molecule has 0 unspecified atom stereocenters. The van der Waals surface area contributed by atoms with Gasteiger partial charge in [0.1, 0.15) is 0 Å². The Labute approximate surface area is 123 Å². The van der Waals surface area contributed by atoms with Crippen molar-refractivity contribution in [1.29, 1.82) is 5.26 Å². The van der Waals surface area contributed by atoms with Gasteiger partial charge in [0.15, 0.2) is 11.5 Å². The van der Waals surface area contributed by atoms with Gasteiger partial charge >= 0.3 is 6.09 Å². The van der Waals surface area contributed by atoms with Crippen molar-refractivity contribution in [2.24, 2.45) is 0 Å². The molecule has 2 heterocycles. The van der Waals surface area contributed by atoms with Crippen molar-refractivity contribution in [3.63, 3.8) is 0 Å². The van der Waals surface area contributed by atoms with Crippen LogP contribution in [0.25, 0.3) is 16.9 Å². The second-order valence-electron chi connectivity index (χ2n) is 4.34. The fraction of sp³-hybridized carbons (Fsp3) is 0. The summed E-state index contributed by atoms with van der Waals surface area (Å²) < 4.78 is 1.34. The first kappa shape index (κ1) is 13.3. The number of carboxylic acid groups (broad SMARTS) is 1. The topological polar surface area (TPSA) is 142 Å². The quantitative estimate of drug-likeness (QED) is 0.647. The van der Waals surface area contributed by atoms with Crippen LogP contribution in [0.3, 0.4) is 0 Å². The molecule has 1 amide bonds. The zero-order valence-corrected chi connectivity index (χ0v) is 11.1. The molecular formula is C13H9N7O2. The van der Waals surface area contributed by atoms with Gasteiger partial charge in [-0.2, -0.15) is 10.2 Å². The molecule has 9 heteroatoms. The number of nitrogen functional groups attached to an aromatic ring is 1. The lowest BCUT2D eigenvalue weighted by molar-refractivity contribution is 0.209. The highest BCUT2D eigenvalue weighted by molar-refractivity contribution is 5.81. The minimum atomic E-state index is -1.27. The van der Waals surface area contributed by atoms with E-state index in [2.05, 4.69) is 15.1 Å². The summed E-state index contributed by atoms with van der Waals surface area (Å²) in [6.45, 7) is 0. The molecule has 0 spiro atoms. The van der Waals surface area contributed by atoms with Crippen molar-refractivity contribution in [2.75, 3.05) is 11.1 Å². The summed E-state index contributed by atoms with van der Waals surface area (Å²) in [5.41, 5.74) is 7.75.